The predicted octanol–water partition coefficient (Wildman–Crippen LogP) is 4.37. The van der Waals surface area contributed by atoms with Crippen LogP contribution in [0.1, 0.15) is 37.0 Å². The zero-order valence-electron chi connectivity index (χ0n) is 17.2. The van der Waals surface area contributed by atoms with Crippen LogP contribution < -0.4 is 14.4 Å². The highest BCUT2D eigenvalue weighted by molar-refractivity contribution is 5.95. The van der Waals surface area contributed by atoms with Gasteiger partial charge >= 0.3 is 0 Å². The zero-order chi connectivity index (χ0) is 20.6. The molecular weight excluding hydrogens is 371 g/mol. The third-order valence-electron chi connectivity index (χ3n) is 4.87. The lowest BCUT2D eigenvalue weighted by molar-refractivity contribution is 0.0746. The normalized spacial score (nSPS) is 14.0. The molecule has 0 bridgehead atoms. The molecule has 29 heavy (non-hydrogen) atoms. The van der Waals surface area contributed by atoms with Gasteiger partial charge in [-0.3, -0.25) is 4.79 Å². The second-order valence-electron chi connectivity index (χ2n) is 7.09. The number of hydrogen-bond acceptors (Lipinski definition) is 4. The molecule has 1 fully saturated rings. The Hall–Kier alpha value is -2.76. The number of piperazine rings is 1. The van der Waals surface area contributed by atoms with Crippen molar-refractivity contribution < 1.29 is 18.7 Å². The van der Waals surface area contributed by atoms with Crippen LogP contribution in [0.4, 0.5) is 10.1 Å². The van der Waals surface area contributed by atoms with E-state index in [4.69, 9.17) is 9.47 Å². The van der Waals surface area contributed by atoms with Gasteiger partial charge < -0.3 is 19.3 Å². The van der Waals surface area contributed by atoms with E-state index in [0.717, 1.165) is 12.8 Å². The standard InChI is InChI=1S/C23H29FN2O3/c1-3-15-28-21-10-9-18(17-22(21)29-16-4-2)23(27)26-13-11-25(12-14-26)20-8-6-5-7-19(20)24/h5-10,17H,3-4,11-16H2,1-2H3. The molecule has 3 rings (SSSR count). The quantitative estimate of drug-likeness (QED) is 0.660. The van der Waals surface area contributed by atoms with Gasteiger partial charge in [0.2, 0.25) is 0 Å². The maximum absolute atomic E-state index is 14.0. The number of ether oxygens (including phenoxy) is 2. The molecule has 6 heteroatoms. The van der Waals surface area contributed by atoms with Gasteiger partial charge in [0.25, 0.3) is 5.91 Å². The van der Waals surface area contributed by atoms with Crippen molar-refractivity contribution >= 4 is 11.6 Å². The fraction of sp³-hybridized carbons (Fsp3) is 0.435. The van der Waals surface area contributed by atoms with E-state index < -0.39 is 0 Å². The van der Waals surface area contributed by atoms with Crippen LogP contribution in [0, 0.1) is 5.82 Å². The van der Waals surface area contributed by atoms with Gasteiger partial charge in [-0.25, -0.2) is 4.39 Å². The van der Waals surface area contributed by atoms with Gasteiger partial charge in [-0.2, -0.15) is 0 Å². The van der Waals surface area contributed by atoms with Gasteiger partial charge in [-0.15, -0.1) is 0 Å². The van der Waals surface area contributed by atoms with E-state index in [2.05, 4.69) is 0 Å². The van der Waals surface area contributed by atoms with E-state index in [-0.39, 0.29) is 11.7 Å². The molecule has 0 atom stereocenters. The molecule has 2 aromatic rings. The van der Waals surface area contributed by atoms with E-state index >= 15 is 0 Å². The molecule has 0 saturated carbocycles. The number of rotatable bonds is 8. The first kappa shape index (κ1) is 21.0. The summed E-state index contributed by atoms with van der Waals surface area (Å²) in [5.74, 6) is 1.01. The first-order valence-corrected chi connectivity index (χ1v) is 10.3. The van der Waals surface area contributed by atoms with Crippen LogP contribution in [0.3, 0.4) is 0 Å². The van der Waals surface area contributed by atoms with Crippen molar-refractivity contribution in [3.63, 3.8) is 0 Å². The molecule has 1 heterocycles. The van der Waals surface area contributed by atoms with Gasteiger partial charge in [-0.1, -0.05) is 26.0 Å². The molecule has 0 radical (unpaired) electrons. The molecule has 0 aliphatic carbocycles. The van der Waals surface area contributed by atoms with Crippen LogP contribution in [-0.4, -0.2) is 50.2 Å². The molecular formula is C23H29FN2O3. The van der Waals surface area contributed by atoms with Gasteiger partial charge in [0, 0.05) is 31.7 Å². The van der Waals surface area contributed by atoms with E-state index in [1.54, 1.807) is 24.3 Å². The SMILES string of the molecule is CCCOc1ccc(C(=O)N2CCN(c3ccccc3F)CC2)cc1OCCC. The Morgan fingerprint density at radius 1 is 0.931 bits per heavy atom. The highest BCUT2D eigenvalue weighted by atomic mass is 19.1. The maximum atomic E-state index is 14.0. The van der Waals surface area contributed by atoms with Crippen molar-refractivity contribution in [2.24, 2.45) is 0 Å². The summed E-state index contributed by atoms with van der Waals surface area (Å²) in [7, 11) is 0. The number of carbonyl (C=O) groups is 1. The van der Waals surface area contributed by atoms with Crippen LogP contribution in [-0.2, 0) is 0 Å². The number of para-hydroxylation sites is 1. The first-order chi connectivity index (χ1) is 14.1. The summed E-state index contributed by atoms with van der Waals surface area (Å²) in [6.07, 6.45) is 1.78. The Morgan fingerprint density at radius 3 is 2.24 bits per heavy atom. The van der Waals surface area contributed by atoms with Crippen LogP contribution in [0.2, 0.25) is 0 Å². The van der Waals surface area contributed by atoms with Crippen molar-refractivity contribution in [2.45, 2.75) is 26.7 Å². The number of nitrogens with zero attached hydrogens (tertiary/aromatic N) is 2. The third kappa shape index (κ3) is 5.19. The molecule has 0 unspecified atom stereocenters. The summed E-state index contributed by atoms with van der Waals surface area (Å²) in [6, 6.07) is 12.1. The number of benzene rings is 2. The van der Waals surface area contributed by atoms with Gasteiger partial charge in [-0.05, 0) is 43.2 Å². The average molecular weight is 400 g/mol. The van der Waals surface area contributed by atoms with Gasteiger partial charge in [0.1, 0.15) is 5.82 Å². The van der Waals surface area contributed by atoms with E-state index in [0.29, 0.717) is 62.1 Å². The number of halogens is 1. The molecule has 156 valence electrons. The van der Waals surface area contributed by atoms with Crippen LogP contribution in [0.15, 0.2) is 42.5 Å². The summed E-state index contributed by atoms with van der Waals surface area (Å²) >= 11 is 0. The van der Waals surface area contributed by atoms with Gasteiger partial charge in [0.15, 0.2) is 11.5 Å². The van der Waals surface area contributed by atoms with Crippen molar-refractivity contribution in [1.29, 1.82) is 0 Å². The zero-order valence-corrected chi connectivity index (χ0v) is 17.2. The second-order valence-corrected chi connectivity index (χ2v) is 7.09. The van der Waals surface area contributed by atoms with Crippen molar-refractivity contribution in [2.75, 3.05) is 44.3 Å². The first-order valence-electron chi connectivity index (χ1n) is 10.3. The lowest BCUT2D eigenvalue weighted by Crippen LogP contribution is -2.49. The smallest absolute Gasteiger partial charge is 0.254 e. The highest BCUT2D eigenvalue weighted by Gasteiger charge is 2.24. The maximum Gasteiger partial charge on any atom is 0.254 e. The molecule has 0 spiro atoms. The minimum atomic E-state index is -0.229. The monoisotopic (exact) mass is 400 g/mol. The summed E-state index contributed by atoms with van der Waals surface area (Å²) in [5, 5.41) is 0. The average Bonchev–Trinajstić information content (AvgIpc) is 2.76. The molecule has 1 aliphatic heterocycles. The Bertz CT molecular complexity index is 820. The summed E-state index contributed by atoms with van der Waals surface area (Å²) in [5.41, 5.74) is 1.17. The van der Waals surface area contributed by atoms with Crippen molar-refractivity contribution in [3.05, 3.63) is 53.8 Å². The Balaban J connectivity index is 1.68. The van der Waals surface area contributed by atoms with Crippen molar-refractivity contribution in [3.8, 4) is 11.5 Å². The predicted molar refractivity (Wildman–Crippen MR) is 113 cm³/mol. The fourth-order valence-corrected chi connectivity index (χ4v) is 3.34. The molecule has 1 aliphatic rings. The van der Waals surface area contributed by atoms with Crippen molar-refractivity contribution in [1.82, 2.24) is 4.90 Å². The Kier molecular flexibility index (Phi) is 7.33. The number of amides is 1. The molecule has 1 amide bonds. The molecule has 2 aromatic carbocycles. The molecule has 0 aromatic heterocycles. The number of hydrogen-bond donors (Lipinski definition) is 0. The number of carbonyl (C=O) groups excluding carboxylic acids is 1. The molecule has 0 N–H and O–H groups in total. The summed E-state index contributed by atoms with van der Waals surface area (Å²) < 4.78 is 25.6. The lowest BCUT2D eigenvalue weighted by Gasteiger charge is -2.36. The number of anilines is 1. The minimum absolute atomic E-state index is 0.0402. The van der Waals surface area contributed by atoms with E-state index in [9.17, 15) is 9.18 Å². The third-order valence-corrected chi connectivity index (χ3v) is 4.87. The second kappa shape index (κ2) is 10.1. The van der Waals surface area contributed by atoms with Crippen LogP contribution in [0.25, 0.3) is 0 Å². The Labute approximate surface area is 172 Å². The topological polar surface area (TPSA) is 42.0 Å². The van der Waals surface area contributed by atoms with E-state index in [1.165, 1.54) is 6.07 Å². The molecule has 5 nitrogen and oxygen atoms in total. The molecule has 1 saturated heterocycles. The van der Waals surface area contributed by atoms with E-state index in [1.807, 2.05) is 35.8 Å². The van der Waals surface area contributed by atoms with Gasteiger partial charge in [0.05, 0.1) is 18.9 Å². The van der Waals surface area contributed by atoms with Crippen LogP contribution in [0.5, 0.6) is 11.5 Å². The summed E-state index contributed by atoms with van der Waals surface area (Å²) in [4.78, 5) is 16.8. The van der Waals surface area contributed by atoms with Crippen LogP contribution >= 0.6 is 0 Å². The minimum Gasteiger partial charge on any atom is -0.490 e. The largest absolute Gasteiger partial charge is 0.490 e. The summed E-state index contributed by atoms with van der Waals surface area (Å²) in [6.45, 7) is 7.56. The fourth-order valence-electron chi connectivity index (χ4n) is 3.34. The Morgan fingerprint density at radius 2 is 1.59 bits per heavy atom. The lowest BCUT2D eigenvalue weighted by atomic mass is 10.1. The highest BCUT2D eigenvalue weighted by Crippen LogP contribution is 2.30.